The van der Waals surface area contributed by atoms with Crippen LogP contribution in [0.25, 0.3) is 56.0 Å². The van der Waals surface area contributed by atoms with E-state index in [1.807, 2.05) is 25.1 Å². The number of carbonyl (C=O) groups is 1. The van der Waals surface area contributed by atoms with Crippen molar-refractivity contribution in [1.29, 1.82) is 0 Å². The van der Waals surface area contributed by atoms with Crippen LogP contribution in [0, 0.1) is 5.82 Å². The van der Waals surface area contributed by atoms with Crippen LogP contribution in [0.4, 0.5) is 10.1 Å². The average molecular weight is 494 g/mol. The molecule has 11 heteroatoms. The molecule has 37 heavy (non-hydrogen) atoms. The second-order valence-corrected chi connectivity index (χ2v) is 8.42. The molecule has 0 fully saturated rings. The van der Waals surface area contributed by atoms with E-state index in [1.165, 1.54) is 18.6 Å². The maximum Gasteiger partial charge on any atom is 0.224 e. The Morgan fingerprint density at radius 1 is 0.973 bits per heavy atom. The predicted molar refractivity (Wildman–Crippen MR) is 137 cm³/mol. The van der Waals surface area contributed by atoms with Crippen molar-refractivity contribution in [3.8, 4) is 33.8 Å². The minimum Gasteiger partial charge on any atom is -0.325 e. The van der Waals surface area contributed by atoms with E-state index in [2.05, 4.69) is 40.4 Å². The molecule has 0 saturated heterocycles. The zero-order valence-corrected chi connectivity index (χ0v) is 19.7. The number of carbonyl (C=O) groups excluding carboxylic acids is 1. The van der Waals surface area contributed by atoms with Gasteiger partial charge in [0.25, 0.3) is 0 Å². The van der Waals surface area contributed by atoms with Crippen LogP contribution in [0.5, 0.6) is 0 Å². The summed E-state index contributed by atoms with van der Waals surface area (Å²) < 4.78 is 16.0. The van der Waals surface area contributed by atoms with Crippen molar-refractivity contribution < 1.29 is 9.18 Å². The number of aromatic amines is 2. The van der Waals surface area contributed by atoms with Crippen LogP contribution in [0.15, 0.2) is 61.4 Å². The van der Waals surface area contributed by atoms with E-state index < -0.39 is 5.82 Å². The molecule has 0 bridgehead atoms. The van der Waals surface area contributed by atoms with Crippen LogP contribution in [-0.4, -0.2) is 46.0 Å². The smallest absolute Gasteiger partial charge is 0.224 e. The molecule has 0 atom stereocenters. The molecule has 0 aliphatic heterocycles. The zero-order valence-electron chi connectivity index (χ0n) is 19.7. The van der Waals surface area contributed by atoms with Gasteiger partial charge in [-0.25, -0.2) is 19.3 Å². The van der Waals surface area contributed by atoms with Gasteiger partial charge in [-0.3, -0.25) is 19.9 Å². The standard InChI is InChI=1S/C26H20FN9O/c1-2-3-19(37)32-16-10-15(11-29-12-16)18-13-31-24-20(21(18)27)23(35-36-24)26-33-22-17(6-9-30-25(22)34-26)14-4-7-28-8-5-14/h4-13H,2-3H2,1H3,(H,32,37)(H,30,33,34)(H,31,35,36). The minimum absolute atomic E-state index is 0.128. The van der Waals surface area contributed by atoms with Gasteiger partial charge >= 0.3 is 0 Å². The summed E-state index contributed by atoms with van der Waals surface area (Å²) in [7, 11) is 0. The molecule has 0 radical (unpaired) electrons. The monoisotopic (exact) mass is 493 g/mol. The SMILES string of the molecule is CCCC(=O)Nc1cncc(-c2cnc3[nH]nc(-c4nc5c(-c6ccncc6)ccnc5[nH]4)c3c2F)c1. The number of imidazole rings is 1. The van der Waals surface area contributed by atoms with E-state index in [4.69, 9.17) is 4.98 Å². The van der Waals surface area contributed by atoms with Gasteiger partial charge < -0.3 is 10.3 Å². The molecule has 0 aliphatic rings. The number of pyridine rings is 4. The highest BCUT2D eigenvalue weighted by Gasteiger charge is 2.21. The number of hydrogen-bond acceptors (Lipinski definition) is 7. The molecule has 3 N–H and O–H groups in total. The summed E-state index contributed by atoms with van der Waals surface area (Å²) in [5, 5.41) is 10.1. The maximum atomic E-state index is 16.0. The first-order valence-corrected chi connectivity index (χ1v) is 11.7. The Morgan fingerprint density at radius 3 is 2.68 bits per heavy atom. The number of hydrogen-bond donors (Lipinski definition) is 3. The topological polar surface area (TPSA) is 138 Å². The fourth-order valence-electron chi connectivity index (χ4n) is 4.22. The van der Waals surface area contributed by atoms with Crippen molar-refractivity contribution in [1.82, 2.24) is 40.1 Å². The molecule has 6 heterocycles. The number of halogens is 1. The third-order valence-electron chi connectivity index (χ3n) is 5.94. The van der Waals surface area contributed by atoms with Crippen LogP contribution in [0.1, 0.15) is 19.8 Å². The van der Waals surface area contributed by atoms with Crippen molar-refractivity contribution in [2.75, 3.05) is 5.32 Å². The predicted octanol–water partition coefficient (Wildman–Crippen LogP) is 4.90. The first-order chi connectivity index (χ1) is 18.1. The Balaban J connectivity index is 1.44. The molecule has 0 aromatic carbocycles. The normalized spacial score (nSPS) is 11.3. The number of H-pyrrole nitrogens is 2. The third kappa shape index (κ3) is 4.05. The van der Waals surface area contributed by atoms with Crippen LogP contribution in [0.3, 0.4) is 0 Å². The maximum absolute atomic E-state index is 16.0. The van der Waals surface area contributed by atoms with Gasteiger partial charge in [0.05, 0.1) is 17.3 Å². The first kappa shape index (κ1) is 22.4. The van der Waals surface area contributed by atoms with E-state index in [1.54, 1.807) is 24.7 Å². The minimum atomic E-state index is -0.532. The van der Waals surface area contributed by atoms with Crippen LogP contribution < -0.4 is 5.32 Å². The van der Waals surface area contributed by atoms with E-state index in [0.717, 1.165) is 17.5 Å². The summed E-state index contributed by atoms with van der Waals surface area (Å²) >= 11 is 0. The Labute approximate surface area is 209 Å². The second kappa shape index (κ2) is 9.19. The Hall–Kier alpha value is -5.06. The second-order valence-electron chi connectivity index (χ2n) is 8.42. The molecule has 0 spiro atoms. The van der Waals surface area contributed by atoms with Crippen molar-refractivity contribution in [2.45, 2.75) is 19.8 Å². The fourth-order valence-corrected chi connectivity index (χ4v) is 4.22. The van der Waals surface area contributed by atoms with Crippen LogP contribution in [-0.2, 0) is 4.79 Å². The summed E-state index contributed by atoms with van der Waals surface area (Å²) in [6, 6.07) is 7.30. The lowest BCUT2D eigenvalue weighted by atomic mass is 10.1. The molecule has 1 amide bonds. The molecule has 6 aromatic heterocycles. The van der Waals surface area contributed by atoms with Gasteiger partial charge in [0.15, 0.2) is 17.1 Å². The number of nitrogens with zero attached hydrogens (tertiary/aromatic N) is 6. The van der Waals surface area contributed by atoms with Gasteiger partial charge in [0, 0.05) is 54.1 Å². The molecule has 0 saturated carbocycles. The summed E-state index contributed by atoms with van der Waals surface area (Å²) in [6.45, 7) is 1.92. The van der Waals surface area contributed by atoms with Crippen molar-refractivity contribution >= 4 is 33.8 Å². The zero-order chi connectivity index (χ0) is 25.4. The first-order valence-electron chi connectivity index (χ1n) is 11.7. The third-order valence-corrected chi connectivity index (χ3v) is 5.94. The highest BCUT2D eigenvalue weighted by molar-refractivity contribution is 5.97. The Kier molecular flexibility index (Phi) is 5.56. The number of nitrogens with one attached hydrogen (secondary N) is 3. The molecule has 10 nitrogen and oxygen atoms in total. The lowest BCUT2D eigenvalue weighted by Gasteiger charge is -2.08. The average Bonchev–Trinajstić information content (AvgIpc) is 3.54. The van der Waals surface area contributed by atoms with Gasteiger partial charge in [0.1, 0.15) is 17.0 Å². The highest BCUT2D eigenvalue weighted by atomic mass is 19.1. The van der Waals surface area contributed by atoms with Crippen LogP contribution >= 0.6 is 0 Å². The Bertz CT molecular complexity index is 1760. The van der Waals surface area contributed by atoms with Gasteiger partial charge in [0.2, 0.25) is 5.91 Å². The molecule has 0 unspecified atom stereocenters. The van der Waals surface area contributed by atoms with Gasteiger partial charge in [-0.1, -0.05) is 6.92 Å². The van der Waals surface area contributed by atoms with Crippen LogP contribution in [0.2, 0.25) is 0 Å². The highest BCUT2D eigenvalue weighted by Crippen LogP contribution is 2.34. The van der Waals surface area contributed by atoms with Gasteiger partial charge in [-0.2, -0.15) is 5.10 Å². The molecule has 6 rings (SSSR count). The molecule has 0 aliphatic carbocycles. The lowest BCUT2D eigenvalue weighted by molar-refractivity contribution is -0.116. The van der Waals surface area contributed by atoms with Crippen molar-refractivity contribution in [2.24, 2.45) is 0 Å². The quantitative estimate of drug-likeness (QED) is 0.300. The largest absolute Gasteiger partial charge is 0.325 e. The van der Waals surface area contributed by atoms with E-state index in [9.17, 15) is 4.79 Å². The summed E-state index contributed by atoms with van der Waals surface area (Å²) in [5.74, 6) is -0.306. The van der Waals surface area contributed by atoms with Gasteiger partial charge in [-0.05, 0) is 36.2 Å². The van der Waals surface area contributed by atoms with Crippen molar-refractivity contribution in [3.63, 3.8) is 0 Å². The van der Waals surface area contributed by atoms with E-state index in [-0.39, 0.29) is 28.2 Å². The van der Waals surface area contributed by atoms with E-state index >= 15 is 4.39 Å². The summed E-state index contributed by atoms with van der Waals surface area (Å²) in [4.78, 5) is 36.9. The van der Waals surface area contributed by atoms with Gasteiger partial charge in [-0.15, -0.1) is 0 Å². The Morgan fingerprint density at radius 2 is 1.84 bits per heavy atom. The fraction of sp³-hybridized carbons (Fsp3) is 0.115. The molecule has 182 valence electrons. The van der Waals surface area contributed by atoms with E-state index in [0.29, 0.717) is 34.7 Å². The number of aromatic nitrogens is 8. The molecule has 6 aromatic rings. The number of anilines is 1. The summed E-state index contributed by atoms with van der Waals surface area (Å²) in [5.41, 5.74) is 4.70. The molecular formula is C26H20FN9O. The lowest BCUT2D eigenvalue weighted by Crippen LogP contribution is -2.10. The number of amides is 1. The number of rotatable bonds is 6. The molecular weight excluding hydrogens is 473 g/mol. The number of fused-ring (bicyclic) bond motifs is 2. The summed E-state index contributed by atoms with van der Waals surface area (Å²) in [6.07, 6.45) is 10.7. The van der Waals surface area contributed by atoms with Crippen molar-refractivity contribution in [3.05, 3.63) is 67.3 Å².